The average molecular weight is 641 g/mol. The smallest absolute Gasteiger partial charge is 0.257 e. The zero-order chi connectivity index (χ0) is 32.8. The van der Waals surface area contributed by atoms with Crippen LogP contribution in [0.1, 0.15) is 52.0 Å². The minimum Gasteiger partial charge on any atom is -0.508 e. The fraction of sp³-hybridized carbons (Fsp3) is 0.306. The Labute approximate surface area is 272 Å². The third-order valence-corrected chi connectivity index (χ3v) is 8.55. The largest absolute Gasteiger partial charge is 0.508 e. The number of aromatic hydroxyl groups is 2. The molecule has 1 aliphatic carbocycles. The number of carbonyl (C=O) groups excluding carboxylic acids is 2. The molecule has 4 aromatic rings. The number of hydrogen-bond acceptors (Lipinski definition) is 8. The molecular weight excluding hydrogens is 603 g/mol. The van der Waals surface area contributed by atoms with Crippen molar-refractivity contribution in [3.05, 3.63) is 102 Å². The van der Waals surface area contributed by atoms with Crippen LogP contribution in [0, 0.1) is 5.82 Å². The van der Waals surface area contributed by atoms with E-state index in [9.17, 15) is 24.2 Å². The van der Waals surface area contributed by atoms with E-state index in [0.717, 1.165) is 42.0 Å². The Kier molecular flexibility index (Phi) is 9.94. The molecule has 10 nitrogen and oxygen atoms in total. The molecule has 0 unspecified atom stereocenters. The van der Waals surface area contributed by atoms with Crippen LogP contribution in [0.3, 0.4) is 0 Å². The normalized spacial score (nSPS) is 18.3. The van der Waals surface area contributed by atoms with E-state index in [1.165, 1.54) is 6.07 Å². The highest BCUT2D eigenvalue weighted by molar-refractivity contribution is 5.97. The molecule has 2 amide bonds. The summed E-state index contributed by atoms with van der Waals surface area (Å²) in [5.74, 6) is -1.01. The van der Waals surface area contributed by atoms with Crippen molar-refractivity contribution in [3.8, 4) is 34.3 Å². The Bertz CT molecular complexity index is 1740. The van der Waals surface area contributed by atoms with E-state index < -0.39 is 11.7 Å². The van der Waals surface area contributed by atoms with E-state index in [2.05, 4.69) is 20.5 Å². The van der Waals surface area contributed by atoms with E-state index in [0.29, 0.717) is 51.2 Å². The molecule has 0 atom stereocenters. The first-order valence-electron chi connectivity index (χ1n) is 15.8. The quantitative estimate of drug-likeness (QED) is 0.191. The highest BCUT2D eigenvalue weighted by Gasteiger charge is 2.26. The predicted octanol–water partition coefficient (Wildman–Crippen LogP) is 5.39. The number of nitrogens with zero attached hydrogens (tertiary/aromatic N) is 2. The van der Waals surface area contributed by atoms with Gasteiger partial charge in [0.1, 0.15) is 28.6 Å². The maximum Gasteiger partial charge on any atom is 0.257 e. The monoisotopic (exact) mass is 640 g/mol. The van der Waals surface area contributed by atoms with Gasteiger partial charge in [-0.1, -0.05) is 30.3 Å². The van der Waals surface area contributed by atoms with Crippen LogP contribution in [0.5, 0.6) is 23.1 Å². The van der Waals surface area contributed by atoms with E-state index in [-0.39, 0.29) is 46.5 Å². The van der Waals surface area contributed by atoms with E-state index in [1.807, 2.05) is 24.3 Å². The second-order valence-electron chi connectivity index (χ2n) is 11.9. The maximum atomic E-state index is 14.3. The van der Waals surface area contributed by atoms with Gasteiger partial charge in [-0.15, -0.1) is 0 Å². The molecule has 0 radical (unpaired) electrons. The zero-order valence-electron chi connectivity index (χ0n) is 25.8. The lowest BCUT2D eigenvalue weighted by atomic mass is 9.90. The van der Waals surface area contributed by atoms with Crippen molar-refractivity contribution in [2.75, 3.05) is 26.3 Å². The highest BCUT2D eigenvalue weighted by atomic mass is 19.1. The van der Waals surface area contributed by atoms with E-state index >= 15 is 0 Å². The van der Waals surface area contributed by atoms with Crippen LogP contribution in [0.15, 0.2) is 79.0 Å². The average Bonchev–Trinajstić information content (AvgIpc) is 3.07. The fourth-order valence-electron chi connectivity index (χ4n) is 6.08. The molecule has 1 saturated heterocycles. The predicted molar refractivity (Wildman–Crippen MR) is 173 cm³/mol. The van der Waals surface area contributed by atoms with Crippen LogP contribution >= 0.6 is 0 Å². The molecule has 0 spiro atoms. The van der Waals surface area contributed by atoms with Gasteiger partial charge in [0, 0.05) is 31.7 Å². The van der Waals surface area contributed by atoms with Crippen molar-refractivity contribution >= 4 is 11.8 Å². The van der Waals surface area contributed by atoms with Gasteiger partial charge in [0.25, 0.3) is 11.8 Å². The molecule has 2 fully saturated rings. The zero-order valence-corrected chi connectivity index (χ0v) is 25.8. The van der Waals surface area contributed by atoms with Gasteiger partial charge in [-0.25, -0.2) is 9.37 Å². The molecule has 6 rings (SSSR count). The minimum atomic E-state index is -0.663. The Morgan fingerprint density at radius 3 is 2.30 bits per heavy atom. The summed E-state index contributed by atoms with van der Waals surface area (Å²) in [6, 6.07) is 19.8. The van der Waals surface area contributed by atoms with Crippen LogP contribution in [0.2, 0.25) is 0 Å². The van der Waals surface area contributed by atoms with Gasteiger partial charge in [-0.3, -0.25) is 14.5 Å². The molecular formula is C36H37FN4O6. The summed E-state index contributed by atoms with van der Waals surface area (Å²) in [6.07, 6.45) is 3.49. The third kappa shape index (κ3) is 8.05. The number of amides is 2. The number of rotatable bonds is 9. The maximum absolute atomic E-state index is 14.3. The summed E-state index contributed by atoms with van der Waals surface area (Å²) < 4.78 is 25.9. The number of hydrogen-bond donors (Lipinski definition) is 4. The fourth-order valence-corrected chi connectivity index (χ4v) is 6.08. The first-order chi connectivity index (χ1) is 22.8. The van der Waals surface area contributed by atoms with Crippen LogP contribution < -0.4 is 15.4 Å². The van der Waals surface area contributed by atoms with Crippen LogP contribution in [-0.4, -0.2) is 70.3 Å². The molecule has 1 aliphatic heterocycles. The topological polar surface area (TPSA) is 133 Å². The number of phenolic OH excluding ortho intramolecular Hbond substituents is 2. The van der Waals surface area contributed by atoms with Gasteiger partial charge < -0.3 is 30.3 Å². The summed E-state index contributed by atoms with van der Waals surface area (Å²) in [4.78, 5) is 32.3. The Morgan fingerprint density at radius 1 is 0.872 bits per heavy atom. The minimum absolute atomic E-state index is 0.0242. The van der Waals surface area contributed by atoms with Crippen molar-refractivity contribution in [1.82, 2.24) is 20.5 Å². The Morgan fingerprint density at radius 2 is 1.57 bits per heavy atom. The number of morpholine rings is 1. The number of pyridine rings is 1. The van der Waals surface area contributed by atoms with Crippen molar-refractivity contribution in [1.29, 1.82) is 0 Å². The molecule has 4 N–H and O–H groups in total. The third-order valence-electron chi connectivity index (χ3n) is 8.55. The van der Waals surface area contributed by atoms with Crippen LogP contribution in [0.4, 0.5) is 4.39 Å². The summed E-state index contributed by atoms with van der Waals surface area (Å²) >= 11 is 0. The standard InChI is InChI=1S/C36H37FN4O6/c37-25-20-32(35(45)40-27-10-8-26(9-11-27)39-34(44)31-6-1-2-7-33(31)43)36(38-21-25)47-29-5-3-4-23(19-29)30-13-12-28(42)18-24(30)22-41-14-16-46-17-15-41/h1-7,12-13,18-21,26-27,42-43H,8-11,14-17,22H2,(H,39,44)(H,40,45)/t26-,27-. The number of phenols is 2. The summed E-state index contributed by atoms with van der Waals surface area (Å²) in [5.41, 5.74) is 2.93. The number of nitrogens with one attached hydrogen (secondary N) is 2. The van der Waals surface area contributed by atoms with E-state index in [4.69, 9.17) is 9.47 Å². The molecule has 244 valence electrons. The molecule has 2 heterocycles. The van der Waals surface area contributed by atoms with Crippen LogP contribution in [-0.2, 0) is 11.3 Å². The molecule has 3 aromatic carbocycles. The molecule has 11 heteroatoms. The van der Waals surface area contributed by atoms with Gasteiger partial charge in [0.15, 0.2) is 0 Å². The van der Waals surface area contributed by atoms with Crippen molar-refractivity contribution in [3.63, 3.8) is 0 Å². The SMILES string of the molecule is O=C(N[C@H]1CC[C@H](NC(=O)c2cc(F)cnc2Oc2cccc(-c3ccc(O)cc3CN3CCOCC3)c2)CC1)c1ccccc1O. The number of ether oxygens (including phenoxy) is 2. The van der Waals surface area contributed by atoms with Crippen molar-refractivity contribution in [2.24, 2.45) is 0 Å². The van der Waals surface area contributed by atoms with Gasteiger partial charge >= 0.3 is 0 Å². The Hall–Kier alpha value is -5.00. The second kappa shape index (κ2) is 14.6. The summed E-state index contributed by atoms with van der Waals surface area (Å²) in [7, 11) is 0. The second-order valence-corrected chi connectivity index (χ2v) is 11.9. The van der Waals surface area contributed by atoms with Gasteiger partial charge in [-0.05, 0) is 84.8 Å². The molecule has 47 heavy (non-hydrogen) atoms. The number of carbonyl (C=O) groups is 2. The van der Waals surface area contributed by atoms with Gasteiger partial charge in [0.2, 0.25) is 5.88 Å². The number of benzene rings is 3. The van der Waals surface area contributed by atoms with Crippen molar-refractivity contribution in [2.45, 2.75) is 44.3 Å². The number of aromatic nitrogens is 1. The summed E-state index contributed by atoms with van der Waals surface area (Å²) in [5, 5.41) is 26.1. The van der Waals surface area contributed by atoms with Crippen LogP contribution in [0.25, 0.3) is 11.1 Å². The van der Waals surface area contributed by atoms with Gasteiger partial charge in [0.05, 0.1) is 25.0 Å². The lowest BCUT2D eigenvalue weighted by molar-refractivity contribution is 0.0342. The highest BCUT2D eigenvalue weighted by Crippen LogP contribution is 2.33. The molecule has 1 aromatic heterocycles. The lowest BCUT2D eigenvalue weighted by Gasteiger charge is -2.29. The Balaban J connectivity index is 1.11. The number of halogens is 1. The molecule has 0 bridgehead atoms. The first-order valence-corrected chi connectivity index (χ1v) is 15.8. The van der Waals surface area contributed by atoms with E-state index in [1.54, 1.807) is 36.4 Å². The first kappa shape index (κ1) is 32.0. The summed E-state index contributed by atoms with van der Waals surface area (Å²) in [6.45, 7) is 3.58. The molecule has 1 saturated carbocycles. The lowest BCUT2D eigenvalue weighted by Crippen LogP contribution is -2.43. The van der Waals surface area contributed by atoms with Gasteiger partial charge in [-0.2, -0.15) is 0 Å². The number of para-hydroxylation sites is 1. The van der Waals surface area contributed by atoms with Crippen molar-refractivity contribution < 1.29 is 33.7 Å². The molecule has 2 aliphatic rings.